The van der Waals surface area contributed by atoms with Crippen molar-refractivity contribution in [3.63, 3.8) is 0 Å². The summed E-state index contributed by atoms with van der Waals surface area (Å²) < 4.78 is 6.18. The van der Waals surface area contributed by atoms with Gasteiger partial charge in [0, 0.05) is 12.6 Å². The molecule has 0 aromatic rings. The van der Waals surface area contributed by atoms with Crippen molar-refractivity contribution < 1.29 is 9.94 Å². The minimum Gasteiger partial charge on any atom is -0.409 e. The first-order valence-electron chi connectivity index (χ1n) is 8.11. The van der Waals surface area contributed by atoms with E-state index in [1.807, 2.05) is 0 Å². The van der Waals surface area contributed by atoms with Gasteiger partial charge in [-0.15, -0.1) is 0 Å². The van der Waals surface area contributed by atoms with Gasteiger partial charge in [-0.1, -0.05) is 24.4 Å². The first-order chi connectivity index (χ1) is 9.74. The van der Waals surface area contributed by atoms with Crippen molar-refractivity contribution in [3.05, 3.63) is 0 Å². The number of hydrogen-bond donors (Lipinski definition) is 2. The minimum atomic E-state index is 0.124. The number of oxime groups is 1. The monoisotopic (exact) mass is 281 g/mol. The van der Waals surface area contributed by atoms with Gasteiger partial charge in [-0.25, -0.2) is 0 Å². The van der Waals surface area contributed by atoms with E-state index in [1.54, 1.807) is 0 Å². The Balaban J connectivity index is 1.70. The summed E-state index contributed by atoms with van der Waals surface area (Å²) in [5, 5.41) is 12.2. The van der Waals surface area contributed by atoms with Crippen molar-refractivity contribution in [3.8, 4) is 0 Å². The van der Waals surface area contributed by atoms with Gasteiger partial charge in [0.2, 0.25) is 0 Å². The van der Waals surface area contributed by atoms with Crippen molar-refractivity contribution >= 4 is 5.84 Å². The lowest BCUT2D eigenvalue weighted by Crippen LogP contribution is -2.53. The number of ether oxygens (including phenoxy) is 1. The molecule has 0 amide bonds. The summed E-state index contributed by atoms with van der Waals surface area (Å²) in [5.41, 5.74) is 6.00. The number of hydrogen-bond acceptors (Lipinski definition) is 4. The Morgan fingerprint density at radius 2 is 2.00 bits per heavy atom. The van der Waals surface area contributed by atoms with Crippen molar-refractivity contribution in [1.82, 2.24) is 4.90 Å². The molecule has 0 aromatic carbocycles. The predicted octanol–water partition coefficient (Wildman–Crippen LogP) is 2.08. The summed E-state index contributed by atoms with van der Waals surface area (Å²) >= 11 is 0. The Morgan fingerprint density at radius 1 is 1.20 bits per heavy atom. The number of nitrogens with zero attached hydrogens (tertiary/aromatic N) is 2. The molecule has 2 atom stereocenters. The van der Waals surface area contributed by atoms with Crippen LogP contribution in [0.25, 0.3) is 0 Å². The van der Waals surface area contributed by atoms with Crippen LogP contribution >= 0.6 is 0 Å². The smallest absolute Gasteiger partial charge is 0.156 e. The summed E-state index contributed by atoms with van der Waals surface area (Å²) in [6.07, 6.45) is 10.8. The summed E-state index contributed by atoms with van der Waals surface area (Å²) in [6, 6.07) is 0.665. The van der Waals surface area contributed by atoms with E-state index in [0.29, 0.717) is 11.9 Å². The number of nitrogens with two attached hydrogens (primary N) is 1. The quantitative estimate of drug-likeness (QED) is 0.352. The maximum Gasteiger partial charge on any atom is 0.156 e. The molecule has 0 radical (unpaired) electrons. The second-order valence-corrected chi connectivity index (χ2v) is 6.66. The lowest BCUT2D eigenvalue weighted by Gasteiger charge is -2.46. The van der Waals surface area contributed by atoms with Crippen LogP contribution in [0.5, 0.6) is 0 Å². The highest BCUT2D eigenvalue weighted by Crippen LogP contribution is 2.41. The Kier molecular flexibility index (Phi) is 4.17. The van der Waals surface area contributed by atoms with Gasteiger partial charge in [0.25, 0.3) is 0 Å². The standard InChI is InChI=1S/C15H27N3O2/c16-14(17-19)13-5-4-9-18(13)12-6-10-20-15(11-12)7-2-1-3-8-15/h12-13,19H,1-11H2,(H2,16,17). The van der Waals surface area contributed by atoms with E-state index in [0.717, 1.165) is 38.8 Å². The average Bonchev–Trinajstić information content (AvgIpc) is 2.97. The molecule has 2 unspecified atom stereocenters. The third-order valence-electron chi connectivity index (χ3n) is 5.45. The van der Waals surface area contributed by atoms with Crippen LogP contribution in [0.15, 0.2) is 5.16 Å². The average molecular weight is 281 g/mol. The van der Waals surface area contributed by atoms with Crippen molar-refractivity contribution in [2.75, 3.05) is 13.2 Å². The van der Waals surface area contributed by atoms with E-state index in [4.69, 9.17) is 15.7 Å². The second-order valence-electron chi connectivity index (χ2n) is 6.66. The zero-order valence-corrected chi connectivity index (χ0v) is 12.3. The number of amidine groups is 1. The molecule has 0 aromatic heterocycles. The normalized spacial score (nSPS) is 35.5. The summed E-state index contributed by atoms with van der Waals surface area (Å²) in [6.45, 7) is 1.94. The minimum absolute atomic E-state index is 0.124. The predicted molar refractivity (Wildman–Crippen MR) is 77.9 cm³/mol. The van der Waals surface area contributed by atoms with Gasteiger partial charge in [-0.05, 0) is 45.1 Å². The SMILES string of the molecule is NC(=NO)C1CCCN1C1CCOC2(CCCCC2)C1. The molecule has 20 heavy (non-hydrogen) atoms. The number of rotatable bonds is 2. The maximum atomic E-state index is 8.97. The Morgan fingerprint density at radius 3 is 2.75 bits per heavy atom. The zero-order valence-electron chi connectivity index (χ0n) is 12.3. The molecule has 3 fully saturated rings. The molecule has 3 N–H and O–H groups in total. The Hall–Kier alpha value is -0.810. The third-order valence-corrected chi connectivity index (χ3v) is 5.45. The molecule has 1 saturated carbocycles. The lowest BCUT2D eigenvalue weighted by molar-refractivity contribution is -0.123. The maximum absolute atomic E-state index is 8.97. The third kappa shape index (κ3) is 2.66. The highest BCUT2D eigenvalue weighted by molar-refractivity contribution is 5.85. The molecule has 5 nitrogen and oxygen atoms in total. The zero-order chi connectivity index (χ0) is 14.0. The Labute approximate surface area is 121 Å². The molecule has 3 aliphatic rings. The van der Waals surface area contributed by atoms with E-state index in [9.17, 15) is 0 Å². The van der Waals surface area contributed by atoms with Gasteiger partial charge in [-0.3, -0.25) is 4.90 Å². The van der Waals surface area contributed by atoms with Crippen LogP contribution in [0.4, 0.5) is 0 Å². The van der Waals surface area contributed by atoms with Crippen molar-refractivity contribution in [2.45, 2.75) is 75.5 Å². The van der Waals surface area contributed by atoms with E-state index in [-0.39, 0.29) is 11.6 Å². The van der Waals surface area contributed by atoms with Crippen LogP contribution in [0, 0.1) is 0 Å². The van der Waals surface area contributed by atoms with Crippen molar-refractivity contribution in [2.24, 2.45) is 10.9 Å². The molecule has 5 heteroatoms. The Bertz CT molecular complexity index is 361. The highest BCUT2D eigenvalue weighted by atomic mass is 16.5. The largest absolute Gasteiger partial charge is 0.409 e. The molecular weight excluding hydrogens is 254 g/mol. The van der Waals surface area contributed by atoms with Gasteiger partial charge in [0.05, 0.1) is 11.6 Å². The fourth-order valence-electron chi connectivity index (χ4n) is 4.44. The summed E-state index contributed by atoms with van der Waals surface area (Å²) in [4.78, 5) is 2.47. The van der Waals surface area contributed by atoms with E-state index >= 15 is 0 Å². The molecule has 2 saturated heterocycles. The fourth-order valence-corrected chi connectivity index (χ4v) is 4.44. The molecule has 2 heterocycles. The molecule has 114 valence electrons. The fraction of sp³-hybridized carbons (Fsp3) is 0.933. The molecular formula is C15H27N3O2. The lowest BCUT2D eigenvalue weighted by atomic mass is 9.78. The van der Waals surface area contributed by atoms with E-state index < -0.39 is 0 Å². The first-order valence-corrected chi connectivity index (χ1v) is 8.11. The molecule has 3 rings (SSSR count). The van der Waals surface area contributed by atoms with Crippen molar-refractivity contribution in [1.29, 1.82) is 0 Å². The van der Waals surface area contributed by atoms with Crippen LogP contribution < -0.4 is 5.73 Å². The van der Waals surface area contributed by atoms with E-state index in [2.05, 4.69) is 10.1 Å². The van der Waals surface area contributed by atoms with Crippen LogP contribution in [0.2, 0.25) is 0 Å². The molecule has 2 aliphatic heterocycles. The molecule has 1 spiro atoms. The van der Waals surface area contributed by atoms with E-state index in [1.165, 1.54) is 32.1 Å². The summed E-state index contributed by atoms with van der Waals surface area (Å²) in [5.74, 6) is 0.381. The van der Waals surface area contributed by atoms with Gasteiger partial charge in [0.1, 0.15) is 0 Å². The van der Waals surface area contributed by atoms with Crippen LogP contribution in [0.3, 0.4) is 0 Å². The van der Waals surface area contributed by atoms with Gasteiger partial charge in [0.15, 0.2) is 5.84 Å². The van der Waals surface area contributed by atoms with Gasteiger partial charge >= 0.3 is 0 Å². The van der Waals surface area contributed by atoms with Crippen LogP contribution in [-0.2, 0) is 4.74 Å². The molecule has 0 bridgehead atoms. The van der Waals surface area contributed by atoms with Crippen LogP contribution in [-0.4, -0.2) is 46.8 Å². The van der Waals surface area contributed by atoms with Crippen LogP contribution in [0.1, 0.15) is 57.8 Å². The summed E-state index contributed by atoms with van der Waals surface area (Å²) in [7, 11) is 0. The topological polar surface area (TPSA) is 71.1 Å². The second kappa shape index (κ2) is 5.90. The van der Waals surface area contributed by atoms with Gasteiger partial charge < -0.3 is 15.7 Å². The first kappa shape index (κ1) is 14.1. The number of likely N-dealkylation sites (tertiary alicyclic amines) is 1. The van der Waals surface area contributed by atoms with Gasteiger partial charge in [-0.2, -0.15) is 0 Å². The highest BCUT2D eigenvalue weighted by Gasteiger charge is 2.43. The molecule has 1 aliphatic carbocycles.